The van der Waals surface area contributed by atoms with Gasteiger partial charge < -0.3 is 14.4 Å². The van der Waals surface area contributed by atoms with Gasteiger partial charge in [0.1, 0.15) is 0 Å². The molecule has 2 heterocycles. The molecule has 3 rings (SSSR count). The molecule has 0 radical (unpaired) electrons. The van der Waals surface area contributed by atoms with Crippen molar-refractivity contribution in [3.8, 4) is 0 Å². The topological polar surface area (TPSA) is 55.9 Å². The predicted octanol–water partition coefficient (Wildman–Crippen LogP) is 1.91. The van der Waals surface area contributed by atoms with E-state index >= 15 is 0 Å². The zero-order chi connectivity index (χ0) is 13.1. The van der Waals surface area contributed by atoms with Crippen molar-refractivity contribution in [2.45, 2.75) is 45.7 Å². The minimum Gasteiger partial charge on any atom is -0.359 e. The van der Waals surface area contributed by atoms with Crippen LogP contribution in [-0.2, 0) is 25.9 Å². The summed E-state index contributed by atoms with van der Waals surface area (Å²) in [5.41, 5.74) is 3.60. The molecule has 1 aliphatic rings. The SMILES string of the molecule is CCNCc1cc(Cn2cnc3c2CCCC3)on1. The molecular formula is C14H20N4O. The average Bonchev–Trinajstić information content (AvgIpc) is 3.05. The highest BCUT2D eigenvalue weighted by molar-refractivity contribution is 5.18. The van der Waals surface area contributed by atoms with Gasteiger partial charge in [-0.25, -0.2) is 4.98 Å². The van der Waals surface area contributed by atoms with E-state index in [2.05, 4.69) is 26.9 Å². The number of rotatable bonds is 5. The highest BCUT2D eigenvalue weighted by atomic mass is 16.5. The number of hydrogen-bond acceptors (Lipinski definition) is 4. The second kappa shape index (κ2) is 5.57. The Morgan fingerprint density at radius 1 is 1.37 bits per heavy atom. The third-order valence-corrected chi connectivity index (χ3v) is 3.60. The number of hydrogen-bond donors (Lipinski definition) is 1. The van der Waals surface area contributed by atoms with Gasteiger partial charge in [0.25, 0.3) is 0 Å². The van der Waals surface area contributed by atoms with E-state index in [1.165, 1.54) is 24.2 Å². The molecule has 0 amide bonds. The Kier molecular flexibility index (Phi) is 3.64. The number of aromatic nitrogens is 3. The Hall–Kier alpha value is -1.62. The Morgan fingerprint density at radius 3 is 3.16 bits per heavy atom. The van der Waals surface area contributed by atoms with Crippen LogP contribution in [0.4, 0.5) is 0 Å². The van der Waals surface area contributed by atoms with Crippen molar-refractivity contribution in [3.63, 3.8) is 0 Å². The summed E-state index contributed by atoms with van der Waals surface area (Å²) in [6.07, 6.45) is 6.71. The van der Waals surface area contributed by atoms with Crippen LogP contribution in [0.3, 0.4) is 0 Å². The molecule has 0 atom stereocenters. The minimum absolute atomic E-state index is 0.738. The first-order chi connectivity index (χ1) is 9.36. The summed E-state index contributed by atoms with van der Waals surface area (Å²) < 4.78 is 7.59. The van der Waals surface area contributed by atoms with Crippen LogP contribution in [-0.4, -0.2) is 21.3 Å². The van der Waals surface area contributed by atoms with Crippen LogP contribution >= 0.6 is 0 Å². The first-order valence-corrected chi connectivity index (χ1v) is 7.05. The van der Waals surface area contributed by atoms with Crippen LogP contribution in [0.15, 0.2) is 16.9 Å². The highest BCUT2D eigenvalue weighted by Gasteiger charge is 2.16. The molecule has 19 heavy (non-hydrogen) atoms. The van der Waals surface area contributed by atoms with E-state index in [1.54, 1.807) is 0 Å². The van der Waals surface area contributed by atoms with Crippen molar-refractivity contribution in [1.29, 1.82) is 0 Å². The minimum atomic E-state index is 0.738. The predicted molar refractivity (Wildman–Crippen MR) is 71.9 cm³/mol. The largest absolute Gasteiger partial charge is 0.359 e. The molecule has 2 aromatic rings. The molecule has 0 aromatic carbocycles. The van der Waals surface area contributed by atoms with Gasteiger partial charge >= 0.3 is 0 Å². The fraction of sp³-hybridized carbons (Fsp3) is 0.571. The zero-order valence-electron chi connectivity index (χ0n) is 11.4. The van der Waals surface area contributed by atoms with Crippen molar-refractivity contribution in [2.75, 3.05) is 6.54 Å². The van der Waals surface area contributed by atoms with Crippen molar-refractivity contribution >= 4 is 0 Å². The molecule has 0 fully saturated rings. The standard InChI is InChI=1S/C14H20N4O/c1-2-15-8-11-7-12(19-17-11)9-18-10-16-13-5-3-4-6-14(13)18/h7,10,15H,2-6,8-9H2,1H3. The molecule has 1 N–H and O–H groups in total. The van der Waals surface area contributed by atoms with Crippen LogP contribution in [0.2, 0.25) is 0 Å². The Balaban J connectivity index is 1.71. The molecule has 0 unspecified atom stereocenters. The molecule has 102 valence electrons. The lowest BCUT2D eigenvalue weighted by atomic mass is 10.0. The molecule has 5 heteroatoms. The number of nitrogens with one attached hydrogen (secondary N) is 1. The summed E-state index contributed by atoms with van der Waals surface area (Å²) in [5, 5.41) is 7.32. The van der Waals surface area contributed by atoms with E-state index < -0.39 is 0 Å². The lowest BCUT2D eigenvalue weighted by molar-refractivity contribution is 0.367. The van der Waals surface area contributed by atoms with Crippen LogP contribution < -0.4 is 5.32 Å². The summed E-state index contributed by atoms with van der Waals surface area (Å²) in [4.78, 5) is 4.50. The Labute approximate surface area is 113 Å². The summed E-state index contributed by atoms with van der Waals surface area (Å²) in [6, 6.07) is 2.03. The monoisotopic (exact) mass is 260 g/mol. The second-order valence-corrected chi connectivity index (χ2v) is 5.04. The molecule has 0 saturated heterocycles. The van der Waals surface area contributed by atoms with Crippen LogP contribution in [0.1, 0.15) is 42.6 Å². The maximum atomic E-state index is 5.39. The first-order valence-electron chi connectivity index (χ1n) is 7.05. The van der Waals surface area contributed by atoms with Gasteiger partial charge in [0.2, 0.25) is 0 Å². The molecule has 1 aliphatic carbocycles. The van der Waals surface area contributed by atoms with E-state index in [4.69, 9.17) is 4.52 Å². The highest BCUT2D eigenvalue weighted by Crippen LogP contribution is 2.20. The first kappa shape index (κ1) is 12.4. The van der Waals surface area contributed by atoms with E-state index in [0.717, 1.165) is 43.9 Å². The van der Waals surface area contributed by atoms with Gasteiger partial charge in [0, 0.05) is 18.3 Å². The maximum absolute atomic E-state index is 5.39. The van der Waals surface area contributed by atoms with Gasteiger partial charge in [-0.05, 0) is 32.2 Å². The lowest BCUT2D eigenvalue weighted by Gasteiger charge is -2.12. The van der Waals surface area contributed by atoms with Gasteiger partial charge in [0.05, 0.1) is 24.3 Å². The molecule has 0 saturated carbocycles. The van der Waals surface area contributed by atoms with Crippen LogP contribution in [0, 0.1) is 0 Å². The van der Waals surface area contributed by atoms with Crippen molar-refractivity contribution in [3.05, 3.63) is 35.2 Å². The summed E-state index contributed by atoms with van der Waals surface area (Å²) >= 11 is 0. The number of imidazole rings is 1. The van der Waals surface area contributed by atoms with Crippen molar-refractivity contribution < 1.29 is 4.52 Å². The van der Waals surface area contributed by atoms with Gasteiger partial charge in [0.15, 0.2) is 5.76 Å². The summed E-state index contributed by atoms with van der Waals surface area (Å²) in [7, 11) is 0. The number of fused-ring (bicyclic) bond motifs is 1. The second-order valence-electron chi connectivity index (χ2n) is 5.04. The number of aryl methyl sites for hydroxylation is 1. The molecular weight excluding hydrogens is 240 g/mol. The molecule has 0 bridgehead atoms. The summed E-state index contributed by atoms with van der Waals surface area (Å²) in [6.45, 7) is 4.53. The van der Waals surface area contributed by atoms with Crippen molar-refractivity contribution in [1.82, 2.24) is 20.0 Å². The number of nitrogens with zero attached hydrogens (tertiary/aromatic N) is 3. The lowest BCUT2D eigenvalue weighted by Crippen LogP contribution is -2.11. The molecule has 0 aliphatic heterocycles. The van der Waals surface area contributed by atoms with E-state index in [9.17, 15) is 0 Å². The van der Waals surface area contributed by atoms with Gasteiger partial charge in [-0.1, -0.05) is 12.1 Å². The van der Waals surface area contributed by atoms with Crippen molar-refractivity contribution in [2.24, 2.45) is 0 Å². The van der Waals surface area contributed by atoms with E-state index in [-0.39, 0.29) is 0 Å². The van der Waals surface area contributed by atoms with E-state index in [0.29, 0.717) is 0 Å². The fourth-order valence-electron chi connectivity index (χ4n) is 2.60. The quantitative estimate of drug-likeness (QED) is 0.892. The van der Waals surface area contributed by atoms with Gasteiger partial charge in [-0.15, -0.1) is 0 Å². The van der Waals surface area contributed by atoms with E-state index in [1.807, 2.05) is 12.4 Å². The fourth-order valence-corrected chi connectivity index (χ4v) is 2.60. The van der Waals surface area contributed by atoms with Gasteiger partial charge in [-0.3, -0.25) is 0 Å². The maximum Gasteiger partial charge on any atom is 0.156 e. The molecule has 5 nitrogen and oxygen atoms in total. The van der Waals surface area contributed by atoms with Crippen LogP contribution in [0.25, 0.3) is 0 Å². The Bertz CT molecular complexity index is 543. The average molecular weight is 260 g/mol. The van der Waals surface area contributed by atoms with Crippen LogP contribution in [0.5, 0.6) is 0 Å². The normalized spacial score (nSPS) is 14.6. The third-order valence-electron chi connectivity index (χ3n) is 3.60. The Morgan fingerprint density at radius 2 is 2.26 bits per heavy atom. The summed E-state index contributed by atoms with van der Waals surface area (Å²) in [5.74, 6) is 0.902. The smallest absolute Gasteiger partial charge is 0.156 e. The third kappa shape index (κ3) is 2.71. The zero-order valence-corrected chi connectivity index (χ0v) is 11.4. The molecule has 2 aromatic heterocycles. The van der Waals surface area contributed by atoms with Gasteiger partial charge in [-0.2, -0.15) is 0 Å². The molecule has 0 spiro atoms.